The molecule has 0 radical (unpaired) electrons. The van der Waals surface area contributed by atoms with Crippen LogP contribution in [0.15, 0.2) is 41.2 Å². The lowest BCUT2D eigenvalue weighted by Gasteiger charge is -2.11. The Morgan fingerprint density at radius 3 is 2.91 bits per heavy atom. The summed E-state index contributed by atoms with van der Waals surface area (Å²) >= 11 is 0. The van der Waals surface area contributed by atoms with Crippen molar-refractivity contribution in [3.05, 3.63) is 59.6 Å². The smallest absolute Gasteiger partial charge is 0.287 e. The van der Waals surface area contributed by atoms with Crippen molar-refractivity contribution in [1.82, 2.24) is 24.9 Å². The van der Waals surface area contributed by atoms with Gasteiger partial charge in [0.1, 0.15) is 5.76 Å². The number of nitrogens with one attached hydrogen (secondary N) is 1. The van der Waals surface area contributed by atoms with Crippen LogP contribution in [0.3, 0.4) is 0 Å². The van der Waals surface area contributed by atoms with Gasteiger partial charge in [-0.2, -0.15) is 10.2 Å². The predicted molar refractivity (Wildman–Crippen MR) is 83.9 cm³/mol. The van der Waals surface area contributed by atoms with Crippen LogP contribution in [-0.4, -0.2) is 25.5 Å². The lowest BCUT2D eigenvalue weighted by Crippen LogP contribution is -2.26. The molecule has 120 valence electrons. The zero-order valence-corrected chi connectivity index (χ0v) is 13.4. The van der Waals surface area contributed by atoms with Gasteiger partial charge in [-0.05, 0) is 32.0 Å². The average Bonchev–Trinajstić information content (AvgIpc) is 3.21. The van der Waals surface area contributed by atoms with Gasteiger partial charge in [0.15, 0.2) is 5.76 Å². The SMILES string of the molecule is Cc1nn(C)cc1C(C)NC(=O)c1ccc(Cn2cccn2)o1. The Kier molecular flexibility index (Phi) is 4.01. The van der Waals surface area contributed by atoms with Gasteiger partial charge >= 0.3 is 0 Å². The predicted octanol–water partition coefficient (Wildman–Crippen LogP) is 2.06. The number of carbonyl (C=O) groups excluding carboxylic acids is 1. The van der Waals surface area contributed by atoms with E-state index < -0.39 is 0 Å². The standard InChI is InChI=1S/C16H19N5O2/c1-11(14-10-20(3)19-12(14)2)18-16(22)15-6-5-13(23-15)9-21-8-4-7-17-21/h4-8,10-11H,9H2,1-3H3,(H,18,22). The normalized spacial score (nSPS) is 12.3. The molecule has 3 aromatic rings. The van der Waals surface area contributed by atoms with E-state index in [0.29, 0.717) is 18.1 Å². The van der Waals surface area contributed by atoms with E-state index >= 15 is 0 Å². The second-order valence-electron chi connectivity index (χ2n) is 5.51. The number of rotatable bonds is 5. The second kappa shape index (κ2) is 6.12. The Labute approximate surface area is 133 Å². The van der Waals surface area contributed by atoms with Gasteiger partial charge in [0.25, 0.3) is 5.91 Å². The molecule has 1 atom stereocenters. The fraction of sp³-hybridized carbons (Fsp3) is 0.312. The molecule has 7 nitrogen and oxygen atoms in total. The van der Waals surface area contributed by atoms with Crippen molar-refractivity contribution in [2.45, 2.75) is 26.4 Å². The first-order chi connectivity index (χ1) is 11.0. The van der Waals surface area contributed by atoms with Crippen LogP contribution in [0.5, 0.6) is 0 Å². The van der Waals surface area contributed by atoms with Crippen LogP contribution in [0.25, 0.3) is 0 Å². The van der Waals surface area contributed by atoms with E-state index in [0.717, 1.165) is 11.3 Å². The number of amides is 1. The third-order valence-electron chi connectivity index (χ3n) is 3.63. The van der Waals surface area contributed by atoms with Crippen molar-refractivity contribution in [1.29, 1.82) is 0 Å². The van der Waals surface area contributed by atoms with Crippen LogP contribution in [0.1, 0.15) is 40.5 Å². The summed E-state index contributed by atoms with van der Waals surface area (Å²) in [5.41, 5.74) is 1.89. The van der Waals surface area contributed by atoms with Gasteiger partial charge in [-0.1, -0.05) is 0 Å². The minimum atomic E-state index is -0.243. The molecule has 0 aromatic carbocycles. The molecule has 0 saturated carbocycles. The molecule has 3 rings (SSSR count). The highest BCUT2D eigenvalue weighted by molar-refractivity contribution is 5.91. The van der Waals surface area contributed by atoms with Crippen LogP contribution in [0, 0.1) is 6.92 Å². The lowest BCUT2D eigenvalue weighted by atomic mass is 10.1. The van der Waals surface area contributed by atoms with E-state index in [1.54, 1.807) is 27.7 Å². The van der Waals surface area contributed by atoms with Crippen molar-refractivity contribution in [3.63, 3.8) is 0 Å². The summed E-state index contributed by atoms with van der Waals surface area (Å²) in [6.07, 6.45) is 5.45. The van der Waals surface area contributed by atoms with E-state index in [4.69, 9.17) is 4.42 Å². The van der Waals surface area contributed by atoms with Crippen molar-refractivity contribution in [2.24, 2.45) is 7.05 Å². The maximum absolute atomic E-state index is 12.3. The molecule has 1 unspecified atom stereocenters. The first kappa shape index (κ1) is 15.1. The minimum absolute atomic E-state index is 0.143. The fourth-order valence-corrected chi connectivity index (χ4v) is 2.53. The van der Waals surface area contributed by atoms with E-state index in [9.17, 15) is 4.79 Å². The van der Waals surface area contributed by atoms with Crippen molar-refractivity contribution < 1.29 is 9.21 Å². The Bertz CT molecular complexity index is 800. The van der Waals surface area contributed by atoms with Crippen LogP contribution in [0.4, 0.5) is 0 Å². The van der Waals surface area contributed by atoms with Crippen molar-refractivity contribution in [2.75, 3.05) is 0 Å². The number of hydrogen-bond donors (Lipinski definition) is 1. The second-order valence-corrected chi connectivity index (χ2v) is 5.51. The molecular weight excluding hydrogens is 294 g/mol. The van der Waals surface area contributed by atoms with Gasteiger partial charge in [-0.15, -0.1) is 0 Å². The third-order valence-corrected chi connectivity index (χ3v) is 3.63. The zero-order chi connectivity index (χ0) is 16.4. The van der Waals surface area contributed by atoms with Crippen molar-refractivity contribution >= 4 is 5.91 Å². The summed E-state index contributed by atoms with van der Waals surface area (Å²) in [4.78, 5) is 12.3. The number of hydrogen-bond acceptors (Lipinski definition) is 4. The highest BCUT2D eigenvalue weighted by Gasteiger charge is 2.17. The highest BCUT2D eigenvalue weighted by atomic mass is 16.4. The van der Waals surface area contributed by atoms with Gasteiger partial charge in [-0.25, -0.2) is 0 Å². The molecule has 3 aromatic heterocycles. The maximum atomic E-state index is 12.3. The van der Waals surface area contributed by atoms with Crippen molar-refractivity contribution in [3.8, 4) is 0 Å². The number of aromatic nitrogens is 4. The van der Waals surface area contributed by atoms with Gasteiger partial charge in [0.05, 0.1) is 18.3 Å². The van der Waals surface area contributed by atoms with E-state index in [1.165, 1.54) is 0 Å². The molecule has 0 spiro atoms. The molecule has 7 heteroatoms. The number of furan rings is 1. The molecule has 1 amide bonds. The fourth-order valence-electron chi connectivity index (χ4n) is 2.53. The molecule has 0 aliphatic rings. The average molecular weight is 313 g/mol. The summed E-state index contributed by atoms with van der Waals surface area (Å²) in [6, 6.07) is 5.16. The van der Waals surface area contributed by atoms with Gasteiger partial charge in [0, 0.05) is 31.2 Å². The molecule has 0 saturated heterocycles. The van der Waals surface area contributed by atoms with E-state index in [-0.39, 0.29) is 11.9 Å². The lowest BCUT2D eigenvalue weighted by molar-refractivity contribution is 0.0909. The monoisotopic (exact) mass is 313 g/mol. The van der Waals surface area contributed by atoms with Gasteiger partial charge in [0.2, 0.25) is 0 Å². The summed E-state index contributed by atoms with van der Waals surface area (Å²) < 4.78 is 9.07. The van der Waals surface area contributed by atoms with Crippen LogP contribution in [-0.2, 0) is 13.6 Å². The third kappa shape index (κ3) is 3.33. The number of aryl methyl sites for hydroxylation is 2. The summed E-state index contributed by atoms with van der Waals surface area (Å²) in [7, 11) is 1.86. The maximum Gasteiger partial charge on any atom is 0.287 e. The topological polar surface area (TPSA) is 77.9 Å². The molecule has 1 N–H and O–H groups in total. The van der Waals surface area contributed by atoms with E-state index in [1.807, 2.05) is 39.4 Å². The molecule has 3 heterocycles. The summed E-state index contributed by atoms with van der Waals surface area (Å²) in [5, 5.41) is 11.3. The minimum Gasteiger partial charge on any atom is -0.454 e. The molecule has 0 bridgehead atoms. The first-order valence-corrected chi connectivity index (χ1v) is 7.40. The van der Waals surface area contributed by atoms with Gasteiger partial charge < -0.3 is 9.73 Å². The molecule has 0 aliphatic carbocycles. The summed E-state index contributed by atoms with van der Waals surface area (Å²) in [6.45, 7) is 4.35. The van der Waals surface area contributed by atoms with Crippen LogP contribution < -0.4 is 5.32 Å². The highest BCUT2D eigenvalue weighted by Crippen LogP contribution is 2.17. The summed E-state index contributed by atoms with van der Waals surface area (Å²) in [5.74, 6) is 0.733. The quantitative estimate of drug-likeness (QED) is 0.782. The largest absolute Gasteiger partial charge is 0.454 e. The van der Waals surface area contributed by atoms with Crippen LogP contribution >= 0.6 is 0 Å². The Hall–Kier alpha value is -2.83. The van der Waals surface area contributed by atoms with E-state index in [2.05, 4.69) is 15.5 Å². The Balaban J connectivity index is 1.66. The zero-order valence-electron chi connectivity index (χ0n) is 13.4. The molecule has 0 aliphatic heterocycles. The Morgan fingerprint density at radius 2 is 2.26 bits per heavy atom. The molecule has 0 fully saturated rings. The number of nitrogens with zero attached hydrogens (tertiary/aromatic N) is 4. The molecular formula is C16H19N5O2. The van der Waals surface area contributed by atoms with Gasteiger partial charge in [-0.3, -0.25) is 14.2 Å². The number of carbonyl (C=O) groups is 1. The van der Waals surface area contributed by atoms with Crippen LogP contribution in [0.2, 0.25) is 0 Å². The first-order valence-electron chi connectivity index (χ1n) is 7.40. The molecule has 23 heavy (non-hydrogen) atoms. The Morgan fingerprint density at radius 1 is 1.43 bits per heavy atom.